The number of ether oxygens (including phenoxy) is 1. The predicted octanol–water partition coefficient (Wildman–Crippen LogP) is 4.50. The third-order valence-electron chi connectivity index (χ3n) is 5.04. The van der Waals surface area contributed by atoms with Crippen LogP contribution in [0.5, 0.6) is 5.88 Å². The number of hydrogen-bond acceptors (Lipinski definition) is 6. The van der Waals surface area contributed by atoms with Crippen LogP contribution in [-0.4, -0.2) is 32.8 Å². The van der Waals surface area contributed by atoms with E-state index in [-0.39, 0.29) is 17.2 Å². The predicted molar refractivity (Wildman–Crippen MR) is 120 cm³/mol. The van der Waals surface area contributed by atoms with Crippen molar-refractivity contribution in [2.24, 2.45) is 0 Å². The van der Waals surface area contributed by atoms with Crippen molar-refractivity contribution in [3.05, 3.63) is 77.7 Å². The molecule has 3 heterocycles. The van der Waals surface area contributed by atoms with Crippen molar-refractivity contribution in [3.63, 3.8) is 0 Å². The van der Waals surface area contributed by atoms with Crippen molar-refractivity contribution >= 4 is 17.5 Å². The highest BCUT2D eigenvalue weighted by Crippen LogP contribution is 2.32. The number of aryl methyl sites for hydroxylation is 1. The minimum atomic E-state index is -4.52. The fourth-order valence-corrected chi connectivity index (χ4v) is 3.41. The number of nitrogens with one attached hydrogen (secondary N) is 1. The molecule has 0 atom stereocenters. The van der Waals surface area contributed by atoms with E-state index in [9.17, 15) is 18.0 Å². The number of para-hydroxylation sites is 1. The quantitative estimate of drug-likeness (QED) is 0.447. The molecule has 4 rings (SSSR count). The molecule has 3 N–H and O–H groups in total. The van der Waals surface area contributed by atoms with Gasteiger partial charge in [0, 0.05) is 24.0 Å². The van der Waals surface area contributed by atoms with E-state index in [0.29, 0.717) is 23.5 Å². The van der Waals surface area contributed by atoms with E-state index in [1.54, 1.807) is 37.4 Å². The number of anilines is 2. The molecule has 11 heteroatoms. The van der Waals surface area contributed by atoms with Gasteiger partial charge in [-0.1, -0.05) is 18.2 Å². The van der Waals surface area contributed by atoms with E-state index < -0.39 is 17.6 Å². The van der Waals surface area contributed by atoms with Gasteiger partial charge in [0.2, 0.25) is 5.88 Å². The Labute approximate surface area is 192 Å². The molecule has 0 fully saturated rings. The number of alkyl halides is 3. The lowest BCUT2D eigenvalue weighted by molar-refractivity contribution is -0.137. The number of nitrogen functional groups attached to an aromatic ring is 1. The van der Waals surface area contributed by atoms with Crippen LogP contribution >= 0.6 is 0 Å². The summed E-state index contributed by atoms with van der Waals surface area (Å²) in [5.74, 6) is -0.193. The van der Waals surface area contributed by atoms with Crippen LogP contribution in [0.2, 0.25) is 0 Å². The molecule has 0 spiro atoms. The number of nitrogens with two attached hydrogens (primary N) is 1. The second kappa shape index (κ2) is 8.85. The van der Waals surface area contributed by atoms with Crippen molar-refractivity contribution in [1.29, 1.82) is 0 Å². The van der Waals surface area contributed by atoms with Crippen molar-refractivity contribution < 1.29 is 22.7 Å². The smallest absolute Gasteiger partial charge is 0.417 e. The third kappa shape index (κ3) is 4.40. The molecule has 34 heavy (non-hydrogen) atoms. The van der Waals surface area contributed by atoms with Gasteiger partial charge >= 0.3 is 6.18 Å². The average Bonchev–Trinajstić information content (AvgIpc) is 3.12. The Morgan fingerprint density at radius 2 is 1.88 bits per heavy atom. The summed E-state index contributed by atoms with van der Waals surface area (Å²) in [5.41, 5.74) is 8.00. The molecule has 0 bridgehead atoms. The first-order valence-electron chi connectivity index (χ1n) is 9.98. The number of pyridine rings is 2. The summed E-state index contributed by atoms with van der Waals surface area (Å²) < 4.78 is 44.9. The number of benzene rings is 1. The molecule has 0 aliphatic carbocycles. The Hall–Kier alpha value is -4.41. The molecule has 0 aliphatic heterocycles. The lowest BCUT2D eigenvalue weighted by Crippen LogP contribution is -2.16. The van der Waals surface area contributed by atoms with Gasteiger partial charge in [-0.05, 0) is 36.8 Å². The van der Waals surface area contributed by atoms with Crippen molar-refractivity contribution in [1.82, 2.24) is 19.7 Å². The van der Waals surface area contributed by atoms with Gasteiger partial charge in [0.15, 0.2) is 0 Å². The lowest BCUT2D eigenvalue weighted by atomic mass is 10.0. The average molecular weight is 468 g/mol. The van der Waals surface area contributed by atoms with Gasteiger partial charge in [-0.2, -0.15) is 18.3 Å². The Morgan fingerprint density at radius 1 is 1.12 bits per heavy atom. The SMILES string of the molecule is COc1cc(-c2ccccc2-n2nc(C)c(C(=O)Nc3ccc(C(F)(F)F)cn3)c2N)ccn1. The topological polar surface area (TPSA) is 108 Å². The molecule has 4 aromatic rings. The number of hydrogen-bond donors (Lipinski definition) is 2. The minimum absolute atomic E-state index is 0.0474. The Bertz CT molecular complexity index is 1350. The summed E-state index contributed by atoms with van der Waals surface area (Å²) in [5, 5.41) is 6.90. The number of nitrogens with zero attached hydrogens (tertiary/aromatic N) is 4. The molecule has 0 unspecified atom stereocenters. The third-order valence-corrected chi connectivity index (χ3v) is 5.04. The van der Waals surface area contributed by atoms with E-state index >= 15 is 0 Å². The first-order valence-corrected chi connectivity index (χ1v) is 9.98. The Kier molecular flexibility index (Phi) is 5.93. The molecule has 0 saturated heterocycles. The maximum absolute atomic E-state index is 12.9. The van der Waals surface area contributed by atoms with E-state index in [4.69, 9.17) is 10.5 Å². The number of amides is 1. The van der Waals surface area contributed by atoms with Crippen LogP contribution in [0.4, 0.5) is 24.8 Å². The summed E-state index contributed by atoms with van der Waals surface area (Å²) in [6.45, 7) is 1.61. The highest BCUT2D eigenvalue weighted by Gasteiger charge is 2.31. The number of methoxy groups -OCH3 is 1. The second-order valence-corrected chi connectivity index (χ2v) is 7.25. The Morgan fingerprint density at radius 3 is 2.56 bits per heavy atom. The summed E-state index contributed by atoms with van der Waals surface area (Å²) in [7, 11) is 1.52. The van der Waals surface area contributed by atoms with Gasteiger partial charge in [-0.15, -0.1) is 0 Å². The molecule has 0 saturated carbocycles. The van der Waals surface area contributed by atoms with Crippen LogP contribution in [0.3, 0.4) is 0 Å². The maximum Gasteiger partial charge on any atom is 0.417 e. The number of aromatic nitrogens is 4. The number of halogens is 3. The van der Waals surface area contributed by atoms with Crippen LogP contribution in [0.15, 0.2) is 60.9 Å². The van der Waals surface area contributed by atoms with Crippen LogP contribution in [-0.2, 0) is 6.18 Å². The monoisotopic (exact) mass is 468 g/mol. The highest BCUT2D eigenvalue weighted by molar-refractivity contribution is 6.08. The number of carbonyl (C=O) groups excluding carboxylic acids is 1. The zero-order valence-electron chi connectivity index (χ0n) is 18.1. The summed E-state index contributed by atoms with van der Waals surface area (Å²) >= 11 is 0. The van der Waals surface area contributed by atoms with Gasteiger partial charge in [-0.3, -0.25) is 4.79 Å². The minimum Gasteiger partial charge on any atom is -0.481 e. The first-order chi connectivity index (χ1) is 16.2. The maximum atomic E-state index is 12.9. The van der Waals surface area contributed by atoms with E-state index in [2.05, 4.69) is 20.4 Å². The molecule has 1 amide bonds. The largest absolute Gasteiger partial charge is 0.481 e. The molecular weight excluding hydrogens is 449 g/mol. The van der Waals surface area contributed by atoms with Crippen LogP contribution in [0.25, 0.3) is 16.8 Å². The number of carbonyl (C=O) groups is 1. The summed E-state index contributed by atoms with van der Waals surface area (Å²) in [6.07, 6.45) is -2.27. The second-order valence-electron chi connectivity index (χ2n) is 7.25. The van der Waals surface area contributed by atoms with Crippen molar-refractivity contribution in [2.75, 3.05) is 18.2 Å². The molecule has 174 valence electrons. The van der Waals surface area contributed by atoms with Gasteiger partial charge in [0.25, 0.3) is 5.91 Å². The molecule has 0 radical (unpaired) electrons. The standard InChI is InChI=1S/C23H19F3N6O2/c1-13-20(22(33)30-18-8-7-15(12-29-18)23(24,25)26)21(27)32(31-13)17-6-4-3-5-16(17)14-9-10-28-19(11-14)34-2/h3-12H,27H2,1-2H3,(H,29,30,33). The molecule has 0 aliphatic rings. The zero-order chi connectivity index (χ0) is 24.5. The van der Waals surface area contributed by atoms with Crippen molar-refractivity contribution in [2.45, 2.75) is 13.1 Å². The zero-order valence-corrected chi connectivity index (χ0v) is 18.1. The normalized spacial score (nSPS) is 11.3. The van der Waals surface area contributed by atoms with Gasteiger partial charge < -0.3 is 15.8 Å². The van der Waals surface area contributed by atoms with Gasteiger partial charge in [-0.25, -0.2) is 14.6 Å². The first kappa shape index (κ1) is 22.8. The number of rotatable bonds is 5. The molecular formula is C23H19F3N6O2. The van der Waals surface area contributed by atoms with Crippen LogP contribution in [0, 0.1) is 6.92 Å². The summed E-state index contributed by atoms with van der Waals surface area (Å²) in [4.78, 5) is 20.7. The van der Waals surface area contributed by atoms with Crippen LogP contribution in [0.1, 0.15) is 21.6 Å². The van der Waals surface area contributed by atoms with Crippen LogP contribution < -0.4 is 15.8 Å². The molecule has 1 aromatic carbocycles. The Balaban J connectivity index is 1.68. The fourth-order valence-electron chi connectivity index (χ4n) is 3.41. The van der Waals surface area contributed by atoms with Gasteiger partial charge in [0.1, 0.15) is 17.2 Å². The molecule has 8 nitrogen and oxygen atoms in total. The van der Waals surface area contributed by atoms with E-state index in [1.807, 2.05) is 12.1 Å². The van der Waals surface area contributed by atoms with Crippen molar-refractivity contribution in [3.8, 4) is 22.7 Å². The van der Waals surface area contributed by atoms with E-state index in [1.165, 1.54) is 11.8 Å². The van der Waals surface area contributed by atoms with Gasteiger partial charge in [0.05, 0.1) is 24.1 Å². The molecule has 3 aromatic heterocycles. The fraction of sp³-hybridized carbons (Fsp3) is 0.130. The summed E-state index contributed by atoms with van der Waals surface area (Å²) in [6, 6.07) is 12.8. The highest BCUT2D eigenvalue weighted by atomic mass is 19.4. The lowest BCUT2D eigenvalue weighted by Gasteiger charge is -2.12. The van der Waals surface area contributed by atoms with E-state index in [0.717, 1.165) is 23.3 Å².